The molecule has 4 N–H and O–H groups in total. The number of oxazole rings is 1. The molecule has 4 amide bonds. The molecule has 0 radical (unpaired) electrons. The van der Waals surface area contributed by atoms with Gasteiger partial charge in [-0.05, 0) is 48.8 Å². The van der Waals surface area contributed by atoms with Crippen LogP contribution in [0.15, 0.2) is 65.5 Å². The second-order valence-corrected chi connectivity index (χ2v) is 10.8. The lowest BCUT2D eigenvalue weighted by molar-refractivity contribution is -0.133. The molecule has 0 spiro atoms. The number of carbonyl (C=O) groups is 4. The number of amides is 4. The summed E-state index contributed by atoms with van der Waals surface area (Å²) in [6.45, 7) is 4.04. The Balaban J connectivity index is 1.53. The van der Waals surface area contributed by atoms with Crippen LogP contribution in [-0.2, 0) is 27.2 Å². The molecule has 1 aromatic carbocycles. The van der Waals surface area contributed by atoms with E-state index in [1.807, 2.05) is 56.3 Å². The van der Waals surface area contributed by atoms with Crippen molar-refractivity contribution in [1.82, 2.24) is 31.2 Å². The lowest BCUT2D eigenvalue weighted by Crippen LogP contribution is -2.56. The highest BCUT2D eigenvalue weighted by molar-refractivity contribution is 5.93. The van der Waals surface area contributed by atoms with E-state index < -0.39 is 29.9 Å². The van der Waals surface area contributed by atoms with Gasteiger partial charge < -0.3 is 25.7 Å². The van der Waals surface area contributed by atoms with Gasteiger partial charge in [0.25, 0.3) is 5.91 Å². The molecule has 0 fully saturated rings. The number of hydrogen-bond acceptors (Lipinski definition) is 7. The quantitative estimate of drug-likeness (QED) is 0.338. The molecule has 1 aliphatic rings. The highest BCUT2D eigenvalue weighted by atomic mass is 16.3. The lowest BCUT2D eigenvalue weighted by atomic mass is 10.00. The first-order valence-corrected chi connectivity index (χ1v) is 14.4. The van der Waals surface area contributed by atoms with Crippen molar-refractivity contribution >= 4 is 23.6 Å². The fourth-order valence-electron chi connectivity index (χ4n) is 4.76. The third-order valence-corrected chi connectivity index (χ3v) is 7.12. The van der Waals surface area contributed by atoms with E-state index in [1.54, 1.807) is 12.4 Å². The number of pyridine rings is 1. The molecule has 4 rings (SSSR count). The second kappa shape index (κ2) is 14.9. The minimum Gasteiger partial charge on any atom is -0.446 e. The first-order chi connectivity index (χ1) is 20.3. The van der Waals surface area contributed by atoms with Crippen LogP contribution in [0.1, 0.15) is 73.1 Å². The highest BCUT2D eigenvalue weighted by Crippen LogP contribution is 2.20. The molecule has 222 valence electrons. The molecule has 0 aliphatic carbocycles. The molecule has 2 aromatic heterocycles. The van der Waals surface area contributed by atoms with Crippen molar-refractivity contribution < 1.29 is 23.6 Å². The summed E-state index contributed by atoms with van der Waals surface area (Å²) >= 11 is 0. The van der Waals surface area contributed by atoms with Gasteiger partial charge in [-0.25, -0.2) is 4.98 Å². The van der Waals surface area contributed by atoms with Crippen LogP contribution in [0.3, 0.4) is 0 Å². The van der Waals surface area contributed by atoms with Crippen LogP contribution in [0.2, 0.25) is 0 Å². The van der Waals surface area contributed by atoms with Crippen LogP contribution in [0.5, 0.6) is 0 Å². The Kier molecular flexibility index (Phi) is 10.8. The first-order valence-electron chi connectivity index (χ1n) is 14.4. The van der Waals surface area contributed by atoms with Crippen LogP contribution < -0.4 is 21.3 Å². The SMILES string of the molecule is CC(C)[C@@H]1NC(=O)[C@@H](NC(=O)CCc2cccnc2)CCCCNC(=O)c2coc(n2)[C@@H](Cc2ccccc2)NC1=O. The van der Waals surface area contributed by atoms with Crippen LogP contribution in [0.4, 0.5) is 0 Å². The molecular weight excluding hydrogens is 536 g/mol. The third-order valence-electron chi connectivity index (χ3n) is 7.12. The minimum atomic E-state index is -0.879. The van der Waals surface area contributed by atoms with Crippen molar-refractivity contribution in [2.75, 3.05) is 6.54 Å². The fraction of sp³-hybridized carbons (Fsp3) is 0.419. The summed E-state index contributed by atoms with van der Waals surface area (Å²) in [7, 11) is 0. The van der Waals surface area contributed by atoms with Gasteiger partial charge in [-0.15, -0.1) is 0 Å². The predicted molar refractivity (Wildman–Crippen MR) is 155 cm³/mol. The van der Waals surface area contributed by atoms with Gasteiger partial charge >= 0.3 is 0 Å². The van der Waals surface area contributed by atoms with Crippen molar-refractivity contribution in [3.05, 3.63) is 83.8 Å². The molecule has 3 aromatic rings. The maximum Gasteiger partial charge on any atom is 0.273 e. The second-order valence-electron chi connectivity index (χ2n) is 10.8. The van der Waals surface area contributed by atoms with Crippen LogP contribution in [0, 0.1) is 5.92 Å². The van der Waals surface area contributed by atoms with Gasteiger partial charge in [0.1, 0.15) is 24.4 Å². The van der Waals surface area contributed by atoms with Crippen molar-refractivity contribution in [2.45, 2.75) is 70.5 Å². The Bertz CT molecular complexity index is 1340. The van der Waals surface area contributed by atoms with E-state index in [0.717, 1.165) is 11.1 Å². The van der Waals surface area contributed by atoms with E-state index in [1.165, 1.54) is 6.26 Å². The molecule has 0 saturated heterocycles. The minimum absolute atomic E-state index is 0.122. The molecule has 3 atom stereocenters. The van der Waals surface area contributed by atoms with Crippen molar-refractivity contribution in [3.63, 3.8) is 0 Å². The number of aryl methyl sites for hydroxylation is 1. The maximum absolute atomic E-state index is 13.6. The number of rotatable bonds is 7. The summed E-state index contributed by atoms with van der Waals surface area (Å²) in [6.07, 6.45) is 7.18. The first kappa shape index (κ1) is 30.4. The molecular formula is C31H38N6O5. The van der Waals surface area contributed by atoms with E-state index >= 15 is 0 Å². The molecule has 3 heterocycles. The number of fused-ring (bicyclic) bond motifs is 2. The Morgan fingerprint density at radius 1 is 1.02 bits per heavy atom. The summed E-state index contributed by atoms with van der Waals surface area (Å²) in [5.74, 6) is -1.58. The summed E-state index contributed by atoms with van der Waals surface area (Å²) in [5.41, 5.74) is 1.97. The topological polar surface area (TPSA) is 155 Å². The van der Waals surface area contributed by atoms with Gasteiger partial charge in [0, 0.05) is 31.8 Å². The number of benzene rings is 1. The number of carbonyl (C=O) groups excluding carboxylic acids is 4. The normalized spacial score (nSPS) is 20.4. The van der Waals surface area contributed by atoms with Crippen LogP contribution in [0.25, 0.3) is 0 Å². The molecule has 1 aliphatic heterocycles. The molecule has 11 heteroatoms. The smallest absolute Gasteiger partial charge is 0.273 e. The molecule has 0 unspecified atom stereocenters. The summed E-state index contributed by atoms with van der Waals surface area (Å²) in [5, 5.41) is 11.5. The van der Waals surface area contributed by atoms with E-state index in [0.29, 0.717) is 38.6 Å². The molecule has 2 bridgehead atoms. The standard InChI is InChI=1S/C31H38N6O5/c1-20(2)27-30(41)35-24(17-21-9-4-3-5-10-21)31-36-25(19-42-31)28(39)33-16-7-6-12-23(29(40)37-27)34-26(38)14-13-22-11-8-15-32-18-22/h3-5,8-11,15,18-20,23-24,27H,6-7,12-14,16-17H2,1-2H3,(H,33,39)(H,34,38)(H,35,41)(H,37,40)/t23-,24+,27-/m0/s1. The van der Waals surface area contributed by atoms with Gasteiger partial charge in [-0.1, -0.05) is 50.2 Å². The van der Waals surface area contributed by atoms with Crippen LogP contribution in [-0.4, -0.2) is 52.2 Å². The summed E-state index contributed by atoms with van der Waals surface area (Å²) < 4.78 is 5.65. The highest BCUT2D eigenvalue weighted by Gasteiger charge is 2.31. The molecule has 11 nitrogen and oxygen atoms in total. The number of hydrogen-bond donors (Lipinski definition) is 4. The number of aromatic nitrogens is 2. The molecule has 42 heavy (non-hydrogen) atoms. The van der Waals surface area contributed by atoms with Gasteiger partial charge in [0.15, 0.2) is 5.69 Å². The van der Waals surface area contributed by atoms with Gasteiger partial charge in [0.05, 0.1) is 0 Å². The van der Waals surface area contributed by atoms with Gasteiger partial charge in [-0.2, -0.15) is 0 Å². The van der Waals surface area contributed by atoms with E-state index in [4.69, 9.17) is 4.42 Å². The number of nitrogens with zero attached hydrogens (tertiary/aromatic N) is 2. The Labute approximate surface area is 245 Å². The largest absolute Gasteiger partial charge is 0.446 e. The van der Waals surface area contributed by atoms with E-state index in [-0.39, 0.29) is 35.7 Å². The monoisotopic (exact) mass is 574 g/mol. The van der Waals surface area contributed by atoms with E-state index in [9.17, 15) is 19.2 Å². The van der Waals surface area contributed by atoms with Crippen molar-refractivity contribution in [3.8, 4) is 0 Å². The maximum atomic E-state index is 13.6. The molecule has 0 saturated carbocycles. The fourth-order valence-corrected chi connectivity index (χ4v) is 4.76. The zero-order valence-corrected chi connectivity index (χ0v) is 24.0. The van der Waals surface area contributed by atoms with Crippen molar-refractivity contribution in [1.29, 1.82) is 0 Å². The summed E-state index contributed by atoms with van der Waals surface area (Å²) in [6, 6.07) is 10.8. The Hall–Kier alpha value is -4.54. The van der Waals surface area contributed by atoms with Crippen molar-refractivity contribution in [2.24, 2.45) is 5.92 Å². The Morgan fingerprint density at radius 2 is 1.81 bits per heavy atom. The lowest BCUT2D eigenvalue weighted by Gasteiger charge is -2.27. The average Bonchev–Trinajstić information content (AvgIpc) is 3.48. The number of nitrogens with one attached hydrogen (secondary N) is 4. The van der Waals surface area contributed by atoms with Gasteiger partial charge in [0.2, 0.25) is 23.6 Å². The predicted octanol–water partition coefficient (Wildman–Crippen LogP) is 2.64. The van der Waals surface area contributed by atoms with Gasteiger partial charge in [-0.3, -0.25) is 24.2 Å². The zero-order chi connectivity index (χ0) is 29.9. The summed E-state index contributed by atoms with van der Waals surface area (Å²) in [4.78, 5) is 61.1. The zero-order valence-electron chi connectivity index (χ0n) is 24.0. The van der Waals surface area contributed by atoms with E-state index in [2.05, 4.69) is 31.2 Å². The third kappa shape index (κ3) is 8.73. The Morgan fingerprint density at radius 3 is 2.55 bits per heavy atom. The average molecular weight is 575 g/mol. The van der Waals surface area contributed by atoms with Crippen LogP contribution >= 0.6 is 0 Å².